The predicted octanol–water partition coefficient (Wildman–Crippen LogP) is -0.787. The molecule has 0 heterocycles. The van der Waals surface area contributed by atoms with E-state index in [1.807, 2.05) is 41.5 Å². The van der Waals surface area contributed by atoms with Gasteiger partial charge in [0.1, 0.15) is 23.0 Å². The first-order valence-corrected chi connectivity index (χ1v) is 12.6. The second-order valence-corrected chi connectivity index (χ2v) is 11.2. The van der Waals surface area contributed by atoms with E-state index in [-0.39, 0.29) is 90.9 Å². The van der Waals surface area contributed by atoms with Crippen molar-refractivity contribution in [2.24, 2.45) is 0 Å². The van der Waals surface area contributed by atoms with Crippen molar-refractivity contribution < 1.29 is 105 Å². The van der Waals surface area contributed by atoms with Crippen LogP contribution in [0.25, 0.3) is 0 Å². The van der Waals surface area contributed by atoms with Gasteiger partial charge in [-0.2, -0.15) is 8.42 Å². The summed E-state index contributed by atoms with van der Waals surface area (Å²) in [4.78, 5) is 0. The fraction of sp³-hybridized carbons (Fsp3) is 0.500. The normalized spacial score (nSPS) is 12.8. The molecule has 13 nitrogen and oxygen atoms in total. The minimum Gasteiger partial charge on any atom is -0.870 e. The summed E-state index contributed by atoms with van der Waals surface area (Å²) >= 11 is 0. The number of aliphatic hydroxyl groups is 2. The second-order valence-electron chi connectivity index (χ2n) is 10.3. The van der Waals surface area contributed by atoms with Crippen molar-refractivity contribution in [2.45, 2.75) is 64.8 Å². The average Bonchev–Trinajstić information content (AvgIpc) is 2.67. The number of β-amino-alcohol motifs (C(OH)–C–C–N with tert-alkyl or cyclic N) is 2. The number of rotatable bonds is 6. The van der Waals surface area contributed by atoms with E-state index in [0.29, 0.717) is 24.2 Å². The smallest absolute Gasteiger partial charge is 0.870 e. The van der Waals surface area contributed by atoms with Gasteiger partial charge in [-0.3, -0.25) is 9.11 Å². The van der Waals surface area contributed by atoms with Crippen LogP contribution in [0.3, 0.4) is 0 Å². The summed E-state index contributed by atoms with van der Waals surface area (Å²) in [5.41, 5.74) is 0.822. The molecule has 0 aromatic heterocycles. The van der Waals surface area contributed by atoms with Crippen molar-refractivity contribution in [3.63, 3.8) is 0 Å². The predicted molar refractivity (Wildman–Crippen MR) is 141 cm³/mol. The van der Waals surface area contributed by atoms with Gasteiger partial charge in [-0.05, 0) is 76.9 Å². The molecule has 2 atom stereocenters. The molecule has 0 saturated heterocycles. The van der Waals surface area contributed by atoms with Gasteiger partial charge >= 0.3 is 61.8 Å². The molecule has 2 aromatic carbocycles. The second kappa shape index (κ2) is 18.4. The fourth-order valence-electron chi connectivity index (χ4n) is 2.66. The first-order chi connectivity index (χ1) is 16.6. The Morgan fingerprint density at radius 1 is 0.641 bits per heavy atom. The average molecular weight is 605 g/mol. The van der Waals surface area contributed by atoms with Gasteiger partial charge in [0.05, 0.1) is 12.2 Å². The molecule has 0 aliphatic heterocycles. The van der Waals surface area contributed by atoms with Crippen LogP contribution in [-0.2, 0) is 10.4 Å². The quantitative estimate of drug-likeness (QED) is 0.144. The molecule has 0 aliphatic carbocycles. The Morgan fingerprint density at radius 2 is 0.846 bits per heavy atom. The van der Waals surface area contributed by atoms with Crippen LogP contribution >= 0.6 is 0 Å². The first-order valence-electron chi connectivity index (χ1n) is 11.2. The molecule has 11 N–H and O–H groups in total. The maximum atomic E-state index is 9.85. The zero-order valence-corrected chi connectivity index (χ0v) is 27.2. The van der Waals surface area contributed by atoms with E-state index in [9.17, 15) is 30.6 Å². The van der Waals surface area contributed by atoms with Crippen molar-refractivity contribution in [2.75, 3.05) is 13.1 Å². The zero-order chi connectivity index (χ0) is 29.2. The summed E-state index contributed by atoms with van der Waals surface area (Å²) < 4.78 is 31.6. The number of aromatic hydroxyl groups is 4. The third kappa shape index (κ3) is 24.5. The van der Waals surface area contributed by atoms with E-state index in [2.05, 4.69) is 10.6 Å². The monoisotopic (exact) mass is 604 g/mol. The number of hydrogen-bond donors (Lipinski definition) is 10. The first kappa shape index (κ1) is 42.4. The van der Waals surface area contributed by atoms with Crippen LogP contribution in [0, 0.1) is 0 Å². The third-order valence-electron chi connectivity index (χ3n) is 4.27. The fourth-order valence-corrected chi connectivity index (χ4v) is 2.66. The Morgan fingerprint density at radius 3 is 1.03 bits per heavy atom. The molecule has 2 rings (SSSR count). The van der Waals surface area contributed by atoms with Crippen molar-refractivity contribution in [1.29, 1.82) is 0 Å². The SMILES string of the molecule is CC(C)(C)NCC(O)c1cc(O)cc(O)c1.CC(C)(C)NCC(O)c1cc(O)cc(O)c1.O=S(=O)(O)O.[K+].[OH-]. The van der Waals surface area contributed by atoms with Crippen LogP contribution in [0.1, 0.15) is 64.9 Å². The molecule has 0 amide bonds. The van der Waals surface area contributed by atoms with Crippen LogP contribution in [0.2, 0.25) is 0 Å². The molecular formula is C24H41KN2O11S. The van der Waals surface area contributed by atoms with Crippen molar-refractivity contribution >= 4 is 10.4 Å². The number of nitrogens with one attached hydrogen (secondary N) is 2. The summed E-state index contributed by atoms with van der Waals surface area (Å²) in [7, 11) is -4.67. The number of phenols is 4. The van der Waals surface area contributed by atoms with Crippen LogP contribution in [0.5, 0.6) is 23.0 Å². The van der Waals surface area contributed by atoms with Gasteiger partial charge in [-0.15, -0.1) is 0 Å². The molecule has 0 aliphatic rings. The van der Waals surface area contributed by atoms with E-state index in [4.69, 9.17) is 17.5 Å². The van der Waals surface area contributed by atoms with E-state index in [0.717, 1.165) is 0 Å². The van der Waals surface area contributed by atoms with Gasteiger partial charge in [0, 0.05) is 36.3 Å². The third-order valence-corrected chi connectivity index (χ3v) is 4.27. The van der Waals surface area contributed by atoms with Gasteiger partial charge in [0.2, 0.25) is 0 Å². The zero-order valence-electron chi connectivity index (χ0n) is 23.3. The van der Waals surface area contributed by atoms with Crippen LogP contribution in [0.15, 0.2) is 36.4 Å². The van der Waals surface area contributed by atoms with E-state index in [1.165, 1.54) is 36.4 Å². The standard InChI is InChI=1S/2C12H19NO3.K.H2O4S.H2O/c2*1-12(2,3)13-7-11(16)8-4-9(14)6-10(15)5-8;;1-5(2,3)4;/h2*4-6,11,13-16H,7H2,1-3H3;;(H2,1,2,3,4);1H2/q;;+1;;/p-1. The summed E-state index contributed by atoms with van der Waals surface area (Å²) in [6.07, 6.45) is -1.51. The number of benzene rings is 2. The Balaban J connectivity index is -0.000000543. The van der Waals surface area contributed by atoms with Gasteiger partial charge in [0.25, 0.3) is 0 Å². The Hall–Kier alpha value is -1.05. The molecule has 0 saturated carbocycles. The molecule has 15 heteroatoms. The van der Waals surface area contributed by atoms with Gasteiger partial charge in [-0.25, -0.2) is 0 Å². The maximum absolute atomic E-state index is 9.85. The molecule has 0 bridgehead atoms. The van der Waals surface area contributed by atoms with Crippen molar-refractivity contribution in [1.82, 2.24) is 10.6 Å². The van der Waals surface area contributed by atoms with E-state index < -0.39 is 22.6 Å². The molecule has 0 spiro atoms. The number of hydrogen-bond acceptors (Lipinski definition) is 11. The summed E-state index contributed by atoms with van der Waals surface area (Å²) in [5.74, 6) is -0.204. The summed E-state index contributed by atoms with van der Waals surface area (Å²) in [5, 5.41) is 63.1. The molecular weight excluding hydrogens is 563 g/mol. The number of phenolic OH excluding ortho intramolecular Hbond substituents is 4. The van der Waals surface area contributed by atoms with Gasteiger partial charge < -0.3 is 46.7 Å². The van der Waals surface area contributed by atoms with Gasteiger partial charge in [0.15, 0.2) is 0 Å². The summed E-state index contributed by atoms with van der Waals surface area (Å²) in [6.45, 7) is 12.7. The molecule has 0 fully saturated rings. The van der Waals surface area contributed by atoms with Crippen LogP contribution in [0.4, 0.5) is 0 Å². The molecule has 39 heavy (non-hydrogen) atoms. The largest absolute Gasteiger partial charge is 1.00 e. The summed E-state index contributed by atoms with van der Waals surface area (Å²) in [6, 6.07) is 8.22. The minimum absolute atomic E-state index is 0. The molecule has 2 unspecified atom stereocenters. The topological polar surface area (TPSA) is 250 Å². The number of aliphatic hydroxyl groups excluding tert-OH is 2. The van der Waals surface area contributed by atoms with E-state index >= 15 is 0 Å². The molecule has 0 radical (unpaired) electrons. The van der Waals surface area contributed by atoms with E-state index in [1.54, 1.807) is 0 Å². The minimum atomic E-state index is -4.67. The Bertz CT molecular complexity index is 968. The molecule has 2 aromatic rings. The maximum Gasteiger partial charge on any atom is 1.00 e. The van der Waals surface area contributed by atoms with Crippen molar-refractivity contribution in [3.05, 3.63) is 47.5 Å². The Kier molecular flexibility index (Phi) is 20.0. The van der Waals surface area contributed by atoms with Gasteiger partial charge in [-0.1, -0.05) is 0 Å². The molecule has 220 valence electrons. The van der Waals surface area contributed by atoms with Crippen LogP contribution < -0.4 is 62.0 Å². The van der Waals surface area contributed by atoms with Crippen molar-refractivity contribution in [3.8, 4) is 23.0 Å². The van der Waals surface area contributed by atoms with Crippen LogP contribution in [-0.4, -0.2) is 77.8 Å². The Labute approximate surface area is 272 Å².